The smallest absolute Gasteiger partial charge is 0.241 e. The van der Waals surface area contributed by atoms with Gasteiger partial charge in [-0.1, -0.05) is 29.4 Å². The molecule has 6 nitrogen and oxygen atoms in total. The van der Waals surface area contributed by atoms with Gasteiger partial charge in [-0.3, -0.25) is 9.59 Å². The zero-order valence-corrected chi connectivity index (χ0v) is 14.6. The highest BCUT2D eigenvalue weighted by molar-refractivity contribution is 6.06. The predicted molar refractivity (Wildman–Crippen MR) is 98.0 cm³/mol. The van der Waals surface area contributed by atoms with Gasteiger partial charge < -0.3 is 15.4 Å². The number of rotatable bonds is 4. The highest BCUT2D eigenvalue weighted by Gasteiger charge is 2.42. The minimum absolute atomic E-state index is 0.0561. The van der Waals surface area contributed by atoms with E-state index < -0.39 is 6.04 Å². The van der Waals surface area contributed by atoms with Crippen LogP contribution in [0.4, 0.5) is 0 Å². The molecule has 26 heavy (non-hydrogen) atoms. The molecule has 1 unspecified atom stereocenters. The van der Waals surface area contributed by atoms with Crippen molar-refractivity contribution in [2.75, 3.05) is 13.1 Å². The molecule has 2 aliphatic heterocycles. The van der Waals surface area contributed by atoms with Crippen molar-refractivity contribution in [1.29, 1.82) is 0 Å². The summed E-state index contributed by atoms with van der Waals surface area (Å²) in [4.78, 5) is 27.9. The monoisotopic (exact) mass is 353 g/mol. The van der Waals surface area contributed by atoms with Crippen LogP contribution >= 0.6 is 0 Å². The molecule has 2 saturated heterocycles. The summed E-state index contributed by atoms with van der Waals surface area (Å²) in [6.45, 7) is 1.31. The zero-order valence-electron chi connectivity index (χ0n) is 14.6. The Bertz CT molecular complexity index is 786. The number of nitrogens with zero attached hydrogens (tertiary/aromatic N) is 2. The lowest BCUT2D eigenvalue weighted by molar-refractivity contribution is -0.136. The number of hydrogen-bond acceptors (Lipinski definition) is 5. The summed E-state index contributed by atoms with van der Waals surface area (Å²) in [5.74, 6) is -0.300. The highest BCUT2D eigenvalue weighted by Crippen LogP contribution is 2.31. The van der Waals surface area contributed by atoms with E-state index in [1.54, 1.807) is 4.90 Å². The van der Waals surface area contributed by atoms with Gasteiger partial charge in [0.2, 0.25) is 5.91 Å². The third kappa shape index (κ3) is 2.94. The van der Waals surface area contributed by atoms with E-state index in [1.165, 1.54) is 11.8 Å². The van der Waals surface area contributed by atoms with Crippen LogP contribution in [0.2, 0.25) is 0 Å². The maximum Gasteiger partial charge on any atom is 0.241 e. The first-order chi connectivity index (χ1) is 12.7. The number of carbonyl (C=O) groups excluding carboxylic acids is 2. The molecular formula is C20H23N3O3. The Labute approximate surface area is 152 Å². The number of likely N-dealkylation sites (tertiary alicyclic amines) is 1. The minimum Gasteiger partial charge on any atom is -0.411 e. The van der Waals surface area contributed by atoms with Crippen LogP contribution in [0.1, 0.15) is 30.4 Å². The van der Waals surface area contributed by atoms with Gasteiger partial charge in [-0.05, 0) is 43.0 Å². The van der Waals surface area contributed by atoms with Crippen LogP contribution in [0.25, 0.3) is 6.08 Å². The van der Waals surface area contributed by atoms with Crippen LogP contribution in [0.5, 0.6) is 0 Å². The number of ketones is 1. The Morgan fingerprint density at radius 1 is 1.27 bits per heavy atom. The third-order valence-corrected chi connectivity index (χ3v) is 5.73. The average Bonchev–Trinajstić information content (AvgIpc) is 3.39. The average molecular weight is 353 g/mol. The van der Waals surface area contributed by atoms with Crippen LogP contribution in [0.15, 0.2) is 35.0 Å². The molecule has 1 aromatic rings. The molecule has 3 aliphatic rings. The molecule has 1 amide bonds. The van der Waals surface area contributed by atoms with Crippen molar-refractivity contribution in [2.45, 2.75) is 37.8 Å². The molecule has 0 spiro atoms. The molecule has 1 aliphatic carbocycles. The number of nitrogens with one attached hydrogen (secondary N) is 1. The standard InChI is InChI=1S/C20H23N3O3/c24-19(15-10-13-4-1-2-5-14(13)11-15)17-7-8-21-18(17)20(25)23-9-3-6-16(23)12-22-26/h1-2,4-5,10,12,16-18,21,26H,3,6-9,11H2/t16-,17?,18+/m0/s1. The number of carbonyl (C=O) groups is 2. The Balaban J connectivity index is 1.50. The topological polar surface area (TPSA) is 82.0 Å². The van der Waals surface area contributed by atoms with E-state index in [-0.39, 0.29) is 23.7 Å². The lowest BCUT2D eigenvalue weighted by Crippen LogP contribution is -2.50. The van der Waals surface area contributed by atoms with E-state index >= 15 is 0 Å². The van der Waals surface area contributed by atoms with Crippen LogP contribution in [0.3, 0.4) is 0 Å². The molecule has 136 valence electrons. The number of benzene rings is 1. The van der Waals surface area contributed by atoms with Crippen LogP contribution in [-0.2, 0) is 16.0 Å². The molecular weight excluding hydrogens is 330 g/mol. The zero-order chi connectivity index (χ0) is 18.1. The van der Waals surface area contributed by atoms with Crippen LogP contribution in [0, 0.1) is 5.92 Å². The minimum atomic E-state index is -0.486. The van der Waals surface area contributed by atoms with Gasteiger partial charge in [0.05, 0.1) is 18.3 Å². The first-order valence-corrected chi connectivity index (χ1v) is 9.23. The Hall–Kier alpha value is -2.47. The predicted octanol–water partition coefficient (Wildman–Crippen LogP) is 1.62. The summed E-state index contributed by atoms with van der Waals surface area (Å²) >= 11 is 0. The maximum absolute atomic E-state index is 13.1. The van der Waals surface area contributed by atoms with Crippen molar-refractivity contribution in [3.63, 3.8) is 0 Å². The van der Waals surface area contributed by atoms with E-state index in [0.29, 0.717) is 25.9 Å². The van der Waals surface area contributed by atoms with Gasteiger partial charge in [0.1, 0.15) is 0 Å². The highest BCUT2D eigenvalue weighted by atomic mass is 16.4. The molecule has 6 heteroatoms. The molecule has 2 heterocycles. The number of amides is 1. The van der Waals surface area contributed by atoms with Gasteiger partial charge in [-0.2, -0.15) is 0 Å². The summed E-state index contributed by atoms with van der Waals surface area (Å²) in [5, 5.41) is 15.1. The van der Waals surface area contributed by atoms with E-state index in [0.717, 1.165) is 24.0 Å². The van der Waals surface area contributed by atoms with Crippen molar-refractivity contribution in [3.8, 4) is 0 Å². The molecule has 4 rings (SSSR count). The normalized spacial score (nSPS) is 27.8. The fraction of sp³-hybridized carbons (Fsp3) is 0.450. The molecule has 0 radical (unpaired) electrons. The lowest BCUT2D eigenvalue weighted by atomic mass is 9.89. The fourth-order valence-corrected chi connectivity index (χ4v) is 4.40. The lowest BCUT2D eigenvalue weighted by Gasteiger charge is -2.27. The summed E-state index contributed by atoms with van der Waals surface area (Å²) < 4.78 is 0. The maximum atomic E-state index is 13.1. The first kappa shape index (κ1) is 17.0. The number of oxime groups is 1. The van der Waals surface area contributed by atoms with E-state index in [1.807, 2.05) is 30.3 Å². The van der Waals surface area contributed by atoms with Gasteiger partial charge in [0.25, 0.3) is 0 Å². The molecule has 0 aromatic heterocycles. The first-order valence-electron chi connectivity index (χ1n) is 9.23. The summed E-state index contributed by atoms with van der Waals surface area (Å²) in [6.07, 6.45) is 6.38. The van der Waals surface area contributed by atoms with Crippen molar-refractivity contribution >= 4 is 24.0 Å². The molecule has 0 bridgehead atoms. The summed E-state index contributed by atoms with van der Waals surface area (Å²) in [5.41, 5.74) is 3.07. The summed E-state index contributed by atoms with van der Waals surface area (Å²) in [6, 6.07) is 7.36. The second-order valence-electron chi connectivity index (χ2n) is 7.24. The quantitative estimate of drug-likeness (QED) is 0.490. The molecule has 2 N–H and O–H groups in total. The Morgan fingerprint density at radius 3 is 2.92 bits per heavy atom. The molecule has 1 aromatic carbocycles. The number of fused-ring (bicyclic) bond motifs is 1. The van der Waals surface area contributed by atoms with E-state index in [9.17, 15) is 9.59 Å². The van der Waals surface area contributed by atoms with Gasteiger partial charge in [0.15, 0.2) is 5.78 Å². The van der Waals surface area contributed by atoms with Gasteiger partial charge in [-0.25, -0.2) is 0 Å². The van der Waals surface area contributed by atoms with Crippen molar-refractivity contribution in [1.82, 2.24) is 10.2 Å². The largest absolute Gasteiger partial charge is 0.411 e. The third-order valence-electron chi connectivity index (χ3n) is 5.73. The molecule has 2 fully saturated rings. The van der Waals surface area contributed by atoms with Gasteiger partial charge in [-0.15, -0.1) is 0 Å². The SMILES string of the molecule is O=C(C1=Cc2ccccc2C1)C1CCN[C@H]1C(=O)N1CCC[C@H]1C=NO. The van der Waals surface area contributed by atoms with Crippen molar-refractivity contribution in [2.24, 2.45) is 11.1 Å². The Morgan fingerprint density at radius 2 is 2.12 bits per heavy atom. The van der Waals surface area contributed by atoms with E-state index in [2.05, 4.69) is 10.5 Å². The van der Waals surface area contributed by atoms with Gasteiger partial charge >= 0.3 is 0 Å². The molecule has 3 atom stereocenters. The van der Waals surface area contributed by atoms with Crippen LogP contribution in [-0.4, -0.2) is 53.2 Å². The van der Waals surface area contributed by atoms with Gasteiger partial charge in [0, 0.05) is 24.5 Å². The fourth-order valence-electron chi connectivity index (χ4n) is 4.40. The Kier molecular flexibility index (Phi) is 4.59. The number of Topliss-reactive ketones (excluding diaryl/α,β-unsaturated/α-hetero) is 1. The second kappa shape index (κ2) is 7.03. The second-order valence-corrected chi connectivity index (χ2v) is 7.24. The number of allylic oxidation sites excluding steroid dienone is 1. The van der Waals surface area contributed by atoms with Crippen LogP contribution < -0.4 is 5.32 Å². The van der Waals surface area contributed by atoms with Crippen molar-refractivity contribution in [3.05, 3.63) is 41.0 Å². The van der Waals surface area contributed by atoms with Crippen molar-refractivity contribution < 1.29 is 14.8 Å². The number of hydrogen-bond donors (Lipinski definition) is 2. The van der Waals surface area contributed by atoms with E-state index in [4.69, 9.17) is 5.21 Å². The molecule has 0 saturated carbocycles. The summed E-state index contributed by atoms with van der Waals surface area (Å²) in [7, 11) is 0.